The minimum atomic E-state index is 0.590. The van der Waals surface area contributed by atoms with Gasteiger partial charge in [-0.1, -0.05) is 0 Å². The van der Waals surface area contributed by atoms with Crippen LogP contribution in [0, 0.1) is 0 Å². The van der Waals surface area contributed by atoms with Crippen LogP contribution >= 0.6 is 11.3 Å². The van der Waals surface area contributed by atoms with Crippen molar-refractivity contribution in [1.29, 1.82) is 0 Å². The molecule has 40 valence electrons. The third-order valence-corrected chi connectivity index (χ3v) is 1.36. The van der Waals surface area contributed by atoms with Gasteiger partial charge in [0, 0.05) is 0 Å². The Morgan fingerprint density at radius 1 is 1.75 bits per heavy atom. The lowest BCUT2D eigenvalue weighted by atomic mass is 10.7. The molecule has 0 amide bonds. The molecule has 0 atom stereocenters. The van der Waals surface area contributed by atoms with Gasteiger partial charge < -0.3 is 0 Å². The van der Waals surface area contributed by atoms with Gasteiger partial charge in [-0.05, 0) is 17.5 Å². The minimum Gasteiger partial charge on any atom is -0.159 e. The van der Waals surface area contributed by atoms with Crippen LogP contribution in [0.25, 0.3) is 0 Å². The van der Waals surface area contributed by atoms with Crippen LogP contribution in [0.5, 0.6) is 5.06 Å². The summed E-state index contributed by atoms with van der Waals surface area (Å²) in [5.74, 6) is 7.85. The van der Waals surface area contributed by atoms with Crippen LogP contribution < -0.4 is 16.3 Å². The smallest absolute Gasteiger partial charge is 0.159 e. The van der Waals surface area contributed by atoms with Gasteiger partial charge >= 0.3 is 11.4 Å². The Morgan fingerprint density at radius 3 is 3.12 bits per heavy atom. The molecule has 1 aromatic rings. The lowest BCUT2D eigenvalue weighted by molar-refractivity contribution is 0.186. The molecular formula is C4H3N2OS+. The van der Waals surface area contributed by atoms with E-state index in [1.165, 1.54) is 11.3 Å². The minimum absolute atomic E-state index is 0.590. The summed E-state index contributed by atoms with van der Waals surface area (Å²) in [6.45, 7) is 0. The largest absolute Gasteiger partial charge is 0.512 e. The van der Waals surface area contributed by atoms with Gasteiger partial charge in [-0.2, -0.15) is 4.84 Å². The molecule has 0 spiro atoms. The first kappa shape index (κ1) is 5.55. The maximum Gasteiger partial charge on any atom is 0.512 e. The van der Waals surface area contributed by atoms with Gasteiger partial charge in [0.15, 0.2) is 0 Å². The number of nitrogens with zero attached hydrogens (tertiary/aromatic N) is 2. The van der Waals surface area contributed by atoms with Crippen LogP contribution in [0.1, 0.15) is 0 Å². The van der Waals surface area contributed by atoms with Gasteiger partial charge in [0.25, 0.3) is 5.06 Å². The highest BCUT2D eigenvalue weighted by atomic mass is 32.1. The third kappa shape index (κ3) is 1.19. The summed E-state index contributed by atoms with van der Waals surface area (Å²) in [5, 5.41) is 2.42. The zero-order chi connectivity index (χ0) is 5.82. The van der Waals surface area contributed by atoms with Crippen LogP contribution in [0.3, 0.4) is 0 Å². The number of hydrogen-bond acceptors (Lipinski definition) is 2. The van der Waals surface area contributed by atoms with Crippen molar-refractivity contribution < 1.29 is 4.84 Å². The first-order valence-electron chi connectivity index (χ1n) is 1.98. The standard InChI is InChI=1S/C4H3N2OS/c5-6-7-4-2-1-3-8-4/h1-3H/q+1. The van der Waals surface area contributed by atoms with Crippen LogP contribution in [-0.4, -0.2) is 0 Å². The Kier molecular flexibility index (Phi) is 1.85. The van der Waals surface area contributed by atoms with Crippen LogP contribution in [0.2, 0.25) is 0 Å². The summed E-state index contributed by atoms with van der Waals surface area (Å²) < 4.78 is 0. The van der Waals surface area contributed by atoms with E-state index in [4.69, 9.17) is 5.84 Å². The Balaban J connectivity index is 2.50. The van der Waals surface area contributed by atoms with Crippen molar-refractivity contribution >= 4 is 11.3 Å². The van der Waals surface area contributed by atoms with Gasteiger partial charge in [-0.3, -0.25) is 0 Å². The molecule has 0 saturated carbocycles. The highest BCUT2D eigenvalue weighted by Gasteiger charge is 2.03. The average Bonchev–Trinajstić information content (AvgIpc) is 2.19. The summed E-state index contributed by atoms with van der Waals surface area (Å²) in [6, 6.07) is 3.52. The first-order valence-corrected chi connectivity index (χ1v) is 2.86. The second-order valence-electron chi connectivity index (χ2n) is 1.11. The summed E-state index contributed by atoms with van der Waals surface area (Å²) in [5.41, 5.74) is 2.49. The molecule has 3 nitrogen and oxygen atoms in total. The molecule has 0 aliphatic carbocycles. The Labute approximate surface area is 51.0 Å². The number of rotatable bonds is 2. The van der Waals surface area contributed by atoms with Crippen molar-refractivity contribution in [2.75, 3.05) is 0 Å². The highest BCUT2D eigenvalue weighted by Crippen LogP contribution is 2.16. The van der Waals surface area contributed by atoms with E-state index in [2.05, 4.69) is 10.4 Å². The quantitative estimate of drug-likeness (QED) is 0.537. The summed E-state index contributed by atoms with van der Waals surface area (Å²) >= 11 is 1.37. The van der Waals surface area contributed by atoms with Crippen molar-refractivity contribution in [3.63, 3.8) is 0 Å². The van der Waals surface area contributed by atoms with E-state index in [-0.39, 0.29) is 0 Å². The maximum absolute atomic E-state index is 7.85. The second kappa shape index (κ2) is 2.66. The SMILES string of the molecule is [N][N+]Oc1cccs1. The predicted molar refractivity (Wildman–Crippen MR) is 29.2 cm³/mol. The monoisotopic (exact) mass is 127 g/mol. The first-order chi connectivity index (χ1) is 3.93. The summed E-state index contributed by atoms with van der Waals surface area (Å²) in [4.78, 5) is 4.34. The topological polar surface area (TPSA) is 45.6 Å². The molecule has 0 unspecified atom stereocenters. The van der Waals surface area contributed by atoms with Gasteiger partial charge in [-0.25, -0.2) is 0 Å². The fraction of sp³-hybridized carbons (Fsp3) is 0. The molecule has 0 bridgehead atoms. The average molecular weight is 127 g/mol. The zero-order valence-electron chi connectivity index (χ0n) is 3.94. The van der Waals surface area contributed by atoms with Gasteiger partial charge in [-0.15, -0.1) is 11.3 Å². The van der Waals surface area contributed by atoms with Crippen LogP contribution in [0.15, 0.2) is 17.5 Å². The molecule has 0 fully saturated rings. The van der Waals surface area contributed by atoms with Gasteiger partial charge in [0.1, 0.15) is 0 Å². The molecular weight excluding hydrogens is 124 g/mol. The molecule has 8 heavy (non-hydrogen) atoms. The third-order valence-electron chi connectivity index (χ3n) is 0.626. The van der Waals surface area contributed by atoms with Crippen molar-refractivity contribution in [3.05, 3.63) is 17.5 Å². The molecule has 1 aromatic heterocycles. The van der Waals surface area contributed by atoms with Crippen LogP contribution in [0.4, 0.5) is 0 Å². The van der Waals surface area contributed by atoms with Crippen molar-refractivity contribution in [2.24, 2.45) is 0 Å². The van der Waals surface area contributed by atoms with Gasteiger partial charge in [0.2, 0.25) is 0 Å². The maximum atomic E-state index is 7.85. The predicted octanol–water partition coefficient (Wildman–Crippen LogP) is 0.630. The van der Waals surface area contributed by atoms with E-state index >= 15 is 0 Å². The normalized spacial score (nSPS) is 9.12. The van der Waals surface area contributed by atoms with E-state index in [0.29, 0.717) is 5.06 Å². The van der Waals surface area contributed by atoms with E-state index in [0.717, 1.165) is 0 Å². The molecule has 0 N–H and O–H groups in total. The number of thiophene rings is 1. The Morgan fingerprint density at radius 2 is 2.62 bits per heavy atom. The van der Waals surface area contributed by atoms with E-state index < -0.39 is 0 Å². The molecule has 4 heteroatoms. The lowest BCUT2D eigenvalue weighted by Gasteiger charge is -1.71. The van der Waals surface area contributed by atoms with Gasteiger partial charge in [0.05, 0.1) is 0 Å². The van der Waals surface area contributed by atoms with Crippen molar-refractivity contribution in [2.45, 2.75) is 0 Å². The Hall–Kier alpha value is -0.580. The molecule has 1 heterocycles. The Bertz CT molecular complexity index is 140. The van der Waals surface area contributed by atoms with E-state index in [9.17, 15) is 0 Å². The fourth-order valence-electron chi connectivity index (χ4n) is 0.356. The highest BCUT2D eigenvalue weighted by molar-refractivity contribution is 7.11. The molecule has 0 aliphatic rings. The summed E-state index contributed by atoms with van der Waals surface area (Å²) in [7, 11) is 0. The molecule has 4 radical (unpaired) electrons. The van der Waals surface area contributed by atoms with Crippen LogP contribution in [-0.2, 0) is 0 Å². The zero-order valence-corrected chi connectivity index (χ0v) is 4.76. The molecule has 0 aromatic carbocycles. The van der Waals surface area contributed by atoms with E-state index in [1.807, 2.05) is 11.4 Å². The van der Waals surface area contributed by atoms with Crippen molar-refractivity contribution in [3.8, 4) is 5.06 Å². The second-order valence-corrected chi connectivity index (χ2v) is 2.02. The fourth-order valence-corrected chi connectivity index (χ4v) is 0.880. The van der Waals surface area contributed by atoms with Crippen molar-refractivity contribution in [1.82, 2.24) is 11.4 Å². The molecule has 0 saturated heterocycles. The molecule has 1 rings (SSSR count). The number of hydrogen-bond donors (Lipinski definition) is 0. The lowest BCUT2D eigenvalue weighted by Crippen LogP contribution is -2.03. The van der Waals surface area contributed by atoms with E-state index in [1.54, 1.807) is 6.07 Å². The summed E-state index contributed by atoms with van der Waals surface area (Å²) in [6.07, 6.45) is 0. The molecule has 0 aliphatic heterocycles.